The van der Waals surface area contributed by atoms with Gasteiger partial charge in [0.2, 0.25) is 0 Å². The van der Waals surface area contributed by atoms with Crippen LogP contribution in [0.15, 0.2) is 42.5 Å². The van der Waals surface area contributed by atoms with E-state index in [-0.39, 0.29) is 23.1 Å². The lowest BCUT2D eigenvalue weighted by molar-refractivity contribution is -0.142. The third kappa shape index (κ3) is 6.19. The van der Waals surface area contributed by atoms with Crippen molar-refractivity contribution in [1.29, 1.82) is 5.26 Å². The Hall–Kier alpha value is -3.15. The summed E-state index contributed by atoms with van der Waals surface area (Å²) >= 11 is 0. The van der Waals surface area contributed by atoms with Crippen LogP contribution in [0.3, 0.4) is 0 Å². The van der Waals surface area contributed by atoms with E-state index >= 15 is 0 Å². The minimum Gasteiger partial charge on any atom is -0.495 e. The zero-order valence-corrected chi connectivity index (χ0v) is 26.3. The van der Waals surface area contributed by atoms with Gasteiger partial charge in [0.1, 0.15) is 17.6 Å². The number of anilines is 1. The van der Waals surface area contributed by atoms with Gasteiger partial charge in [-0.25, -0.2) is 4.39 Å². The summed E-state index contributed by atoms with van der Waals surface area (Å²) in [7, 11) is 3.10. The van der Waals surface area contributed by atoms with Gasteiger partial charge in [0.15, 0.2) is 0 Å². The molecule has 44 heavy (non-hydrogen) atoms. The maximum Gasteiger partial charge on any atom is 0.305 e. The quantitative estimate of drug-likeness (QED) is 0.316. The topological polar surface area (TPSA) is 69.0 Å². The third-order valence-electron chi connectivity index (χ3n) is 11.2. The molecule has 7 nitrogen and oxygen atoms in total. The van der Waals surface area contributed by atoms with Crippen LogP contribution in [-0.2, 0) is 14.9 Å². The van der Waals surface area contributed by atoms with E-state index < -0.39 is 0 Å². The summed E-state index contributed by atoms with van der Waals surface area (Å²) in [6.07, 6.45) is 7.11. The number of nitrogens with zero attached hydrogens (tertiary/aromatic N) is 4. The van der Waals surface area contributed by atoms with E-state index in [0.717, 1.165) is 95.7 Å². The van der Waals surface area contributed by atoms with Crippen LogP contribution in [0.2, 0.25) is 0 Å². The standard InChI is InChI=1S/C36H47FN4O3/c1-43-34-20-32(11-10-28(34)21-38)41-23-26(24-41)22-39-16-12-29(13-17-39)36(25-40-14-5-15-40,30-7-4-8-31(37)19-30)33-9-3-6-27(33)18-35(42)44-2/h4,7-8,10-11,19-20,26-27,29,33H,3,5-6,9,12-18,22-25H2,1-2H3/t27-,33+,36+/m1/s1. The number of halogens is 1. The first kappa shape index (κ1) is 30.9. The molecular weight excluding hydrogens is 555 g/mol. The van der Waals surface area contributed by atoms with E-state index in [4.69, 9.17) is 9.47 Å². The minimum atomic E-state index is -0.175. The van der Waals surface area contributed by atoms with Gasteiger partial charge in [0, 0.05) is 55.7 Å². The van der Waals surface area contributed by atoms with Crippen LogP contribution < -0.4 is 9.64 Å². The van der Waals surface area contributed by atoms with Crippen molar-refractivity contribution in [1.82, 2.24) is 9.80 Å². The predicted molar refractivity (Wildman–Crippen MR) is 169 cm³/mol. The van der Waals surface area contributed by atoms with Crippen molar-refractivity contribution in [2.24, 2.45) is 23.7 Å². The van der Waals surface area contributed by atoms with Gasteiger partial charge < -0.3 is 24.2 Å². The van der Waals surface area contributed by atoms with E-state index in [1.54, 1.807) is 19.2 Å². The van der Waals surface area contributed by atoms with E-state index in [0.29, 0.717) is 35.5 Å². The molecule has 3 heterocycles. The molecule has 2 aromatic carbocycles. The van der Waals surface area contributed by atoms with Crippen molar-refractivity contribution in [2.75, 3.05) is 71.5 Å². The third-order valence-corrected chi connectivity index (χ3v) is 11.2. The van der Waals surface area contributed by atoms with Gasteiger partial charge in [-0.3, -0.25) is 4.79 Å². The molecular formula is C36H47FN4O3. The summed E-state index contributed by atoms with van der Waals surface area (Å²) in [5.41, 5.74) is 2.64. The largest absolute Gasteiger partial charge is 0.495 e. The zero-order valence-electron chi connectivity index (χ0n) is 26.3. The van der Waals surface area contributed by atoms with Crippen LogP contribution in [0.1, 0.15) is 56.1 Å². The van der Waals surface area contributed by atoms with Gasteiger partial charge in [0.25, 0.3) is 0 Å². The summed E-state index contributed by atoms with van der Waals surface area (Å²) in [4.78, 5) is 20.1. The number of esters is 1. The molecule has 3 saturated heterocycles. The molecule has 3 aliphatic heterocycles. The highest BCUT2D eigenvalue weighted by atomic mass is 19.1. The molecule has 8 heteroatoms. The highest BCUT2D eigenvalue weighted by Gasteiger charge is 2.53. The van der Waals surface area contributed by atoms with Crippen LogP contribution in [0, 0.1) is 40.8 Å². The van der Waals surface area contributed by atoms with Crippen LogP contribution in [0.25, 0.3) is 0 Å². The average molecular weight is 603 g/mol. The minimum absolute atomic E-state index is 0.122. The Morgan fingerprint density at radius 3 is 2.45 bits per heavy atom. The van der Waals surface area contributed by atoms with Crippen LogP contribution in [-0.4, -0.2) is 82.3 Å². The number of piperidine rings is 1. The van der Waals surface area contributed by atoms with Crippen molar-refractivity contribution in [3.63, 3.8) is 0 Å². The first-order chi connectivity index (χ1) is 21.4. The molecule has 3 atom stereocenters. The lowest BCUT2D eigenvalue weighted by atomic mass is 9.56. The molecule has 4 aliphatic rings. The van der Waals surface area contributed by atoms with Gasteiger partial charge in [-0.15, -0.1) is 0 Å². The Kier molecular flexibility index (Phi) is 9.44. The Bertz CT molecular complexity index is 1350. The highest BCUT2D eigenvalue weighted by Crippen LogP contribution is 2.54. The predicted octanol–water partition coefficient (Wildman–Crippen LogP) is 5.48. The number of likely N-dealkylation sites (tertiary alicyclic amines) is 2. The molecule has 0 bridgehead atoms. The lowest BCUT2D eigenvalue weighted by Gasteiger charge is -2.54. The summed E-state index contributed by atoms with van der Waals surface area (Å²) in [6.45, 7) is 8.37. The number of hydrogen-bond acceptors (Lipinski definition) is 7. The second-order valence-electron chi connectivity index (χ2n) is 13.6. The second-order valence-corrected chi connectivity index (χ2v) is 13.6. The zero-order chi connectivity index (χ0) is 30.7. The number of carbonyl (C=O) groups is 1. The molecule has 6 rings (SSSR count). The molecule has 236 valence electrons. The molecule has 1 saturated carbocycles. The first-order valence-electron chi connectivity index (χ1n) is 16.5. The van der Waals surface area contributed by atoms with E-state index in [9.17, 15) is 14.4 Å². The molecule has 0 amide bonds. The van der Waals surface area contributed by atoms with Crippen LogP contribution >= 0.6 is 0 Å². The van der Waals surface area contributed by atoms with Gasteiger partial charge in [-0.05, 0) is 106 Å². The van der Waals surface area contributed by atoms with Crippen LogP contribution in [0.4, 0.5) is 10.1 Å². The normalized spacial score (nSPS) is 24.6. The van der Waals surface area contributed by atoms with Crippen molar-refractivity contribution in [3.8, 4) is 11.8 Å². The molecule has 2 aromatic rings. The van der Waals surface area contributed by atoms with Crippen molar-refractivity contribution in [3.05, 3.63) is 59.4 Å². The SMILES string of the molecule is COC(=O)C[C@H]1CCC[C@@H]1[C@](CN1CCC1)(c1cccc(F)c1)C1CCN(CC2CN(c3ccc(C#N)c(OC)c3)C2)CC1. The summed E-state index contributed by atoms with van der Waals surface area (Å²) < 4.78 is 25.5. The molecule has 1 aliphatic carbocycles. The van der Waals surface area contributed by atoms with Crippen LogP contribution in [0.5, 0.6) is 5.75 Å². The van der Waals surface area contributed by atoms with Gasteiger partial charge in [-0.2, -0.15) is 5.26 Å². The lowest BCUT2D eigenvalue weighted by Crippen LogP contribution is -2.58. The maximum absolute atomic E-state index is 14.9. The molecule has 4 fully saturated rings. The fourth-order valence-electron chi connectivity index (χ4n) is 8.90. The summed E-state index contributed by atoms with van der Waals surface area (Å²) in [5, 5.41) is 9.31. The Morgan fingerprint density at radius 1 is 1.00 bits per heavy atom. The number of methoxy groups -OCH3 is 2. The van der Waals surface area contributed by atoms with Crippen molar-refractivity contribution >= 4 is 11.7 Å². The summed E-state index contributed by atoms with van der Waals surface area (Å²) in [5.74, 6) is 2.01. The van der Waals surface area contributed by atoms with Gasteiger partial charge >= 0.3 is 5.97 Å². The number of benzene rings is 2. The molecule has 0 unspecified atom stereocenters. The second kappa shape index (κ2) is 13.5. The molecule has 0 aromatic heterocycles. The number of nitriles is 1. The fraction of sp³-hybridized carbons (Fsp3) is 0.611. The highest BCUT2D eigenvalue weighted by molar-refractivity contribution is 5.69. The van der Waals surface area contributed by atoms with E-state index in [1.165, 1.54) is 13.5 Å². The Morgan fingerprint density at radius 2 is 1.80 bits per heavy atom. The number of carbonyl (C=O) groups excluding carboxylic acids is 1. The fourth-order valence-corrected chi connectivity index (χ4v) is 8.90. The van der Waals surface area contributed by atoms with Crippen molar-refractivity contribution < 1.29 is 18.7 Å². The molecule has 0 N–H and O–H groups in total. The molecule has 0 radical (unpaired) electrons. The number of hydrogen-bond donors (Lipinski definition) is 0. The smallest absolute Gasteiger partial charge is 0.305 e. The number of ether oxygens (including phenoxy) is 2. The van der Waals surface area contributed by atoms with Crippen molar-refractivity contribution in [2.45, 2.75) is 50.4 Å². The Labute approximate surface area is 261 Å². The monoisotopic (exact) mass is 602 g/mol. The average Bonchev–Trinajstić information content (AvgIpc) is 3.46. The van der Waals surface area contributed by atoms with E-state index in [1.807, 2.05) is 24.3 Å². The summed E-state index contributed by atoms with van der Waals surface area (Å²) in [6, 6.07) is 15.5. The number of rotatable bonds is 11. The van der Waals surface area contributed by atoms with Gasteiger partial charge in [0.05, 0.1) is 19.8 Å². The van der Waals surface area contributed by atoms with E-state index in [2.05, 4.69) is 26.8 Å². The van der Waals surface area contributed by atoms with Gasteiger partial charge in [-0.1, -0.05) is 18.6 Å². The molecule has 0 spiro atoms. The maximum atomic E-state index is 14.9. The first-order valence-corrected chi connectivity index (χ1v) is 16.5. The Balaban J connectivity index is 1.16.